The molecule has 1 aromatic carbocycles. The molecule has 24 heavy (non-hydrogen) atoms. The summed E-state index contributed by atoms with van der Waals surface area (Å²) in [7, 11) is 0. The SMILES string of the molecule is CC(N[C@H]1C[C@@H](O)[C@@H]1n1cccn1)c1ccc(-n2cccn2)cc1. The summed E-state index contributed by atoms with van der Waals surface area (Å²) in [5.74, 6) is 0. The number of benzene rings is 1. The number of nitrogens with zero attached hydrogens (tertiary/aromatic N) is 4. The van der Waals surface area contributed by atoms with Crippen LogP contribution in [0.5, 0.6) is 0 Å². The predicted octanol–water partition coefficient (Wildman–Crippen LogP) is 2.09. The Morgan fingerprint density at radius 2 is 1.88 bits per heavy atom. The van der Waals surface area contributed by atoms with E-state index in [1.54, 1.807) is 12.4 Å². The van der Waals surface area contributed by atoms with Gasteiger partial charge in [-0.2, -0.15) is 10.2 Å². The number of hydrogen-bond acceptors (Lipinski definition) is 4. The maximum Gasteiger partial charge on any atom is 0.0932 e. The Labute approximate surface area is 140 Å². The molecule has 0 amide bonds. The summed E-state index contributed by atoms with van der Waals surface area (Å²) in [5.41, 5.74) is 2.26. The third-order valence-electron chi connectivity index (χ3n) is 4.76. The minimum absolute atomic E-state index is 0.00537. The van der Waals surface area contributed by atoms with Crippen LogP contribution in [0.25, 0.3) is 5.69 Å². The molecule has 1 aliphatic carbocycles. The van der Waals surface area contributed by atoms with E-state index in [-0.39, 0.29) is 24.2 Å². The van der Waals surface area contributed by atoms with Crippen LogP contribution in [0.4, 0.5) is 0 Å². The molecule has 0 aliphatic heterocycles. The largest absolute Gasteiger partial charge is 0.391 e. The van der Waals surface area contributed by atoms with Crippen LogP contribution in [0.15, 0.2) is 61.2 Å². The van der Waals surface area contributed by atoms with Crippen molar-refractivity contribution in [2.75, 3.05) is 0 Å². The third-order valence-corrected chi connectivity index (χ3v) is 4.76. The van der Waals surface area contributed by atoms with Gasteiger partial charge in [0.2, 0.25) is 0 Å². The van der Waals surface area contributed by atoms with Crippen LogP contribution in [-0.4, -0.2) is 36.8 Å². The fourth-order valence-corrected chi connectivity index (χ4v) is 3.35. The van der Waals surface area contributed by atoms with Gasteiger partial charge in [-0.05, 0) is 43.2 Å². The van der Waals surface area contributed by atoms with Crippen molar-refractivity contribution in [3.05, 3.63) is 66.7 Å². The minimum Gasteiger partial charge on any atom is -0.391 e. The molecule has 2 N–H and O–H groups in total. The van der Waals surface area contributed by atoms with E-state index in [4.69, 9.17) is 0 Å². The quantitative estimate of drug-likeness (QED) is 0.754. The number of aliphatic hydroxyl groups excluding tert-OH is 1. The molecule has 0 saturated heterocycles. The van der Waals surface area contributed by atoms with Crippen LogP contribution in [0.3, 0.4) is 0 Å². The van der Waals surface area contributed by atoms with Crippen LogP contribution < -0.4 is 5.32 Å². The fraction of sp³-hybridized carbons (Fsp3) is 0.333. The van der Waals surface area contributed by atoms with E-state index < -0.39 is 0 Å². The number of hydrogen-bond donors (Lipinski definition) is 2. The number of rotatable bonds is 5. The van der Waals surface area contributed by atoms with Crippen molar-refractivity contribution in [1.82, 2.24) is 24.9 Å². The second-order valence-corrected chi connectivity index (χ2v) is 6.32. The first-order chi connectivity index (χ1) is 11.7. The molecule has 6 heteroatoms. The predicted molar refractivity (Wildman–Crippen MR) is 90.8 cm³/mol. The summed E-state index contributed by atoms with van der Waals surface area (Å²) in [5, 5.41) is 22.2. The highest BCUT2D eigenvalue weighted by molar-refractivity contribution is 5.34. The van der Waals surface area contributed by atoms with Gasteiger partial charge in [-0.15, -0.1) is 0 Å². The smallest absolute Gasteiger partial charge is 0.0932 e. The van der Waals surface area contributed by atoms with Gasteiger partial charge in [0.15, 0.2) is 0 Å². The van der Waals surface area contributed by atoms with Gasteiger partial charge >= 0.3 is 0 Å². The number of aromatic nitrogens is 4. The van der Waals surface area contributed by atoms with Gasteiger partial charge in [0.1, 0.15) is 0 Å². The summed E-state index contributed by atoms with van der Waals surface area (Å²) < 4.78 is 3.69. The summed E-state index contributed by atoms with van der Waals surface area (Å²) >= 11 is 0. The monoisotopic (exact) mass is 323 g/mol. The number of aliphatic hydroxyl groups is 1. The van der Waals surface area contributed by atoms with Gasteiger partial charge < -0.3 is 10.4 Å². The molecule has 124 valence electrons. The molecule has 0 radical (unpaired) electrons. The van der Waals surface area contributed by atoms with Crippen molar-refractivity contribution in [3.63, 3.8) is 0 Å². The highest BCUT2D eigenvalue weighted by atomic mass is 16.3. The Morgan fingerprint density at radius 1 is 1.12 bits per heavy atom. The maximum absolute atomic E-state index is 10.1. The van der Waals surface area contributed by atoms with E-state index >= 15 is 0 Å². The van der Waals surface area contributed by atoms with Crippen LogP contribution in [0.2, 0.25) is 0 Å². The van der Waals surface area contributed by atoms with E-state index in [0.717, 1.165) is 12.1 Å². The molecule has 0 bridgehead atoms. The minimum atomic E-state index is -0.336. The van der Waals surface area contributed by atoms with Crippen molar-refractivity contribution in [2.24, 2.45) is 0 Å². The highest BCUT2D eigenvalue weighted by Crippen LogP contribution is 2.34. The normalized spacial score (nSPS) is 24.5. The van der Waals surface area contributed by atoms with E-state index in [1.807, 2.05) is 33.9 Å². The van der Waals surface area contributed by atoms with Crippen LogP contribution in [0.1, 0.15) is 31.0 Å². The van der Waals surface area contributed by atoms with E-state index in [1.165, 1.54) is 5.56 Å². The van der Waals surface area contributed by atoms with Crippen LogP contribution >= 0.6 is 0 Å². The van der Waals surface area contributed by atoms with Crippen molar-refractivity contribution < 1.29 is 5.11 Å². The lowest BCUT2D eigenvalue weighted by Crippen LogP contribution is -2.55. The zero-order valence-corrected chi connectivity index (χ0v) is 13.5. The second-order valence-electron chi connectivity index (χ2n) is 6.32. The number of nitrogens with one attached hydrogen (secondary N) is 1. The Hall–Kier alpha value is -2.44. The zero-order valence-electron chi connectivity index (χ0n) is 13.5. The second kappa shape index (κ2) is 6.22. The highest BCUT2D eigenvalue weighted by Gasteiger charge is 2.42. The van der Waals surface area contributed by atoms with Crippen LogP contribution in [-0.2, 0) is 0 Å². The Balaban J connectivity index is 1.44. The molecule has 4 atom stereocenters. The first kappa shape index (κ1) is 15.1. The van der Waals surface area contributed by atoms with Crippen molar-refractivity contribution in [2.45, 2.75) is 37.6 Å². The van der Waals surface area contributed by atoms with Gasteiger partial charge in [-0.25, -0.2) is 4.68 Å². The molecule has 1 unspecified atom stereocenters. The average Bonchev–Trinajstić information content (AvgIpc) is 3.28. The van der Waals surface area contributed by atoms with Gasteiger partial charge in [0, 0.05) is 36.9 Å². The lowest BCUT2D eigenvalue weighted by atomic mass is 9.82. The van der Waals surface area contributed by atoms with Crippen molar-refractivity contribution in [3.8, 4) is 5.69 Å². The van der Waals surface area contributed by atoms with Gasteiger partial charge in [0.25, 0.3) is 0 Å². The maximum atomic E-state index is 10.1. The standard InChI is InChI=1S/C18H21N5O/c1-13(14-4-6-15(7-5-14)22-10-2-8-19-22)21-16-12-17(24)18(16)23-11-3-9-20-23/h2-11,13,16-18,21,24H,12H2,1H3/t13?,16-,17+,18+/m0/s1. The van der Waals surface area contributed by atoms with Gasteiger partial charge in [0.05, 0.1) is 17.8 Å². The van der Waals surface area contributed by atoms with E-state index in [0.29, 0.717) is 0 Å². The van der Waals surface area contributed by atoms with E-state index in [2.05, 4.69) is 46.7 Å². The molecule has 3 aromatic rings. The average molecular weight is 323 g/mol. The lowest BCUT2D eigenvalue weighted by Gasteiger charge is -2.43. The molecule has 1 aliphatic rings. The molecule has 2 heterocycles. The van der Waals surface area contributed by atoms with Gasteiger partial charge in [-0.3, -0.25) is 4.68 Å². The lowest BCUT2D eigenvalue weighted by molar-refractivity contribution is -0.0110. The topological polar surface area (TPSA) is 67.9 Å². The molecule has 4 rings (SSSR count). The van der Waals surface area contributed by atoms with E-state index in [9.17, 15) is 5.11 Å². The molecule has 6 nitrogen and oxygen atoms in total. The summed E-state index contributed by atoms with van der Waals surface area (Å²) in [6.45, 7) is 2.15. The van der Waals surface area contributed by atoms with Crippen molar-refractivity contribution in [1.29, 1.82) is 0 Å². The Kier molecular flexibility index (Phi) is 3.92. The molecule has 1 saturated carbocycles. The molecular formula is C18H21N5O. The third kappa shape index (κ3) is 2.74. The first-order valence-corrected chi connectivity index (χ1v) is 8.25. The molecule has 2 aromatic heterocycles. The van der Waals surface area contributed by atoms with Crippen molar-refractivity contribution >= 4 is 0 Å². The molecule has 0 spiro atoms. The summed E-state index contributed by atoms with van der Waals surface area (Å²) in [6, 6.07) is 12.6. The van der Waals surface area contributed by atoms with Crippen LogP contribution in [0, 0.1) is 0 Å². The Morgan fingerprint density at radius 3 is 2.50 bits per heavy atom. The molecule has 1 fully saturated rings. The fourth-order valence-electron chi connectivity index (χ4n) is 3.35. The van der Waals surface area contributed by atoms with Gasteiger partial charge in [-0.1, -0.05) is 12.1 Å². The first-order valence-electron chi connectivity index (χ1n) is 8.25. The zero-order chi connectivity index (χ0) is 16.5. The summed E-state index contributed by atoms with van der Waals surface area (Å²) in [4.78, 5) is 0. The summed E-state index contributed by atoms with van der Waals surface area (Å²) in [6.07, 6.45) is 7.78. The molecular weight excluding hydrogens is 302 g/mol. The Bertz CT molecular complexity index is 766.